The van der Waals surface area contributed by atoms with E-state index >= 15 is 0 Å². The minimum absolute atomic E-state index is 0.0896. The Morgan fingerprint density at radius 3 is 2.96 bits per heavy atom. The first-order valence-electron chi connectivity index (χ1n) is 8.28. The van der Waals surface area contributed by atoms with Gasteiger partial charge in [-0.2, -0.15) is 5.10 Å². The predicted molar refractivity (Wildman–Crippen MR) is 92.2 cm³/mol. The van der Waals surface area contributed by atoms with E-state index in [0.29, 0.717) is 31.2 Å². The summed E-state index contributed by atoms with van der Waals surface area (Å²) in [6, 6.07) is 9.55. The minimum Gasteiger partial charge on any atom is -0.368 e. The lowest BCUT2D eigenvalue weighted by Crippen LogP contribution is -2.42. The lowest BCUT2D eigenvalue weighted by atomic mass is 10.1. The fraction of sp³-hybridized carbons (Fsp3) is 0.333. The number of hydrogen-bond acceptors (Lipinski definition) is 5. The Labute approximate surface area is 145 Å². The van der Waals surface area contributed by atoms with Crippen LogP contribution in [-0.4, -0.2) is 50.7 Å². The average Bonchev–Trinajstić information content (AvgIpc) is 3.04. The summed E-state index contributed by atoms with van der Waals surface area (Å²) < 4.78 is 5.85. The SMILES string of the molecule is Cc1cc([C@H]2CN(C(=O)c3n[nH]c4ccccc34)CCO2)nc(C)n1. The highest BCUT2D eigenvalue weighted by molar-refractivity contribution is 6.04. The number of hydrogen-bond donors (Lipinski definition) is 1. The van der Waals surface area contributed by atoms with Gasteiger partial charge in [-0.3, -0.25) is 9.89 Å². The van der Waals surface area contributed by atoms with E-state index in [1.54, 1.807) is 4.90 Å². The van der Waals surface area contributed by atoms with Crippen molar-refractivity contribution in [3.05, 3.63) is 53.2 Å². The van der Waals surface area contributed by atoms with Crippen molar-refractivity contribution in [1.82, 2.24) is 25.1 Å². The summed E-state index contributed by atoms with van der Waals surface area (Å²) >= 11 is 0. The van der Waals surface area contributed by atoms with Crippen LogP contribution in [0.5, 0.6) is 0 Å². The third kappa shape index (κ3) is 2.98. The molecule has 4 rings (SSSR count). The van der Waals surface area contributed by atoms with Gasteiger partial charge in [0.2, 0.25) is 0 Å². The molecule has 0 aliphatic carbocycles. The molecular formula is C18H19N5O2. The van der Waals surface area contributed by atoms with Crippen molar-refractivity contribution in [3.8, 4) is 0 Å². The average molecular weight is 337 g/mol. The van der Waals surface area contributed by atoms with Crippen LogP contribution >= 0.6 is 0 Å². The van der Waals surface area contributed by atoms with Crippen molar-refractivity contribution in [2.24, 2.45) is 0 Å². The normalized spacial score (nSPS) is 17.8. The number of H-pyrrole nitrogens is 1. The summed E-state index contributed by atoms with van der Waals surface area (Å²) in [7, 11) is 0. The van der Waals surface area contributed by atoms with E-state index in [1.807, 2.05) is 44.2 Å². The molecule has 7 heteroatoms. The van der Waals surface area contributed by atoms with Gasteiger partial charge in [0, 0.05) is 17.6 Å². The van der Waals surface area contributed by atoms with E-state index in [0.717, 1.165) is 22.3 Å². The number of benzene rings is 1. The van der Waals surface area contributed by atoms with Gasteiger partial charge in [-0.1, -0.05) is 18.2 Å². The number of amides is 1. The van der Waals surface area contributed by atoms with Crippen molar-refractivity contribution in [2.45, 2.75) is 20.0 Å². The van der Waals surface area contributed by atoms with Crippen LogP contribution in [-0.2, 0) is 4.74 Å². The Kier molecular flexibility index (Phi) is 3.93. The second-order valence-electron chi connectivity index (χ2n) is 6.21. The fourth-order valence-electron chi connectivity index (χ4n) is 3.20. The highest BCUT2D eigenvalue weighted by atomic mass is 16.5. The molecular weight excluding hydrogens is 318 g/mol. The van der Waals surface area contributed by atoms with Crippen LogP contribution in [0.3, 0.4) is 0 Å². The molecule has 0 bridgehead atoms. The number of fused-ring (bicyclic) bond motifs is 1. The topological polar surface area (TPSA) is 84.0 Å². The molecule has 1 N–H and O–H groups in total. The number of aryl methyl sites for hydroxylation is 2. The zero-order valence-corrected chi connectivity index (χ0v) is 14.2. The lowest BCUT2D eigenvalue weighted by Gasteiger charge is -2.32. The van der Waals surface area contributed by atoms with Gasteiger partial charge in [0.25, 0.3) is 5.91 Å². The molecule has 2 aromatic heterocycles. The number of carbonyl (C=O) groups is 1. The van der Waals surface area contributed by atoms with Crippen molar-refractivity contribution in [3.63, 3.8) is 0 Å². The quantitative estimate of drug-likeness (QED) is 0.775. The molecule has 1 aromatic carbocycles. The number of morpholine rings is 1. The standard InChI is InChI=1S/C18H19N5O2/c1-11-9-15(20-12(2)19-11)16-10-23(7-8-25-16)18(24)17-13-5-3-4-6-14(13)21-22-17/h3-6,9,16H,7-8,10H2,1-2H3,(H,21,22)/t16-/m1/s1. The number of ether oxygens (including phenoxy) is 1. The van der Waals surface area contributed by atoms with Crippen LogP contribution in [0.4, 0.5) is 0 Å². The Bertz CT molecular complexity index is 916. The van der Waals surface area contributed by atoms with E-state index < -0.39 is 0 Å². The third-order valence-electron chi connectivity index (χ3n) is 4.34. The first-order valence-corrected chi connectivity index (χ1v) is 8.28. The van der Waals surface area contributed by atoms with Crippen LogP contribution in [0.25, 0.3) is 10.9 Å². The molecule has 0 spiro atoms. The zero-order valence-electron chi connectivity index (χ0n) is 14.2. The maximum atomic E-state index is 12.9. The summed E-state index contributed by atoms with van der Waals surface area (Å²) in [4.78, 5) is 23.5. The summed E-state index contributed by atoms with van der Waals surface area (Å²) in [5, 5.41) is 7.97. The molecule has 1 atom stereocenters. The molecule has 0 saturated carbocycles. The number of carbonyl (C=O) groups excluding carboxylic acids is 1. The van der Waals surface area contributed by atoms with Gasteiger partial charge in [0.05, 0.1) is 24.4 Å². The minimum atomic E-state index is -0.247. The van der Waals surface area contributed by atoms with Gasteiger partial charge in [-0.15, -0.1) is 0 Å². The van der Waals surface area contributed by atoms with E-state index in [4.69, 9.17) is 4.74 Å². The second kappa shape index (κ2) is 6.25. The molecule has 0 radical (unpaired) electrons. The molecule has 1 saturated heterocycles. The molecule has 1 aliphatic heterocycles. The third-order valence-corrected chi connectivity index (χ3v) is 4.34. The maximum Gasteiger partial charge on any atom is 0.275 e. The van der Waals surface area contributed by atoms with Gasteiger partial charge in [0.15, 0.2) is 5.69 Å². The largest absolute Gasteiger partial charge is 0.368 e. The highest BCUT2D eigenvalue weighted by Crippen LogP contribution is 2.24. The molecule has 1 amide bonds. The first kappa shape index (κ1) is 15.7. The van der Waals surface area contributed by atoms with Crippen LogP contribution in [0.1, 0.15) is 33.8 Å². The molecule has 7 nitrogen and oxygen atoms in total. The Morgan fingerprint density at radius 2 is 2.12 bits per heavy atom. The van der Waals surface area contributed by atoms with E-state index in [1.165, 1.54) is 0 Å². The Balaban J connectivity index is 1.59. The second-order valence-corrected chi connectivity index (χ2v) is 6.21. The van der Waals surface area contributed by atoms with Crippen LogP contribution < -0.4 is 0 Å². The number of para-hydroxylation sites is 1. The monoisotopic (exact) mass is 337 g/mol. The van der Waals surface area contributed by atoms with Crippen LogP contribution in [0.15, 0.2) is 30.3 Å². The molecule has 3 heterocycles. The first-order chi connectivity index (χ1) is 12.1. The van der Waals surface area contributed by atoms with E-state index in [-0.39, 0.29) is 12.0 Å². The van der Waals surface area contributed by atoms with Crippen LogP contribution in [0.2, 0.25) is 0 Å². The van der Waals surface area contributed by atoms with Gasteiger partial charge in [-0.25, -0.2) is 9.97 Å². The highest BCUT2D eigenvalue weighted by Gasteiger charge is 2.29. The van der Waals surface area contributed by atoms with E-state index in [9.17, 15) is 4.79 Å². The number of nitrogens with one attached hydrogen (secondary N) is 1. The van der Waals surface area contributed by atoms with Gasteiger partial charge < -0.3 is 9.64 Å². The predicted octanol–water partition coefficient (Wildman–Crippen LogP) is 2.18. The fourth-order valence-corrected chi connectivity index (χ4v) is 3.20. The van der Waals surface area contributed by atoms with Crippen molar-refractivity contribution >= 4 is 16.8 Å². The molecule has 1 fully saturated rings. The Morgan fingerprint density at radius 1 is 1.28 bits per heavy atom. The van der Waals surface area contributed by atoms with Crippen LogP contribution in [0, 0.1) is 13.8 Å². The molecule has 3 aromatic rings. The van der Waals surface area contributed by atoms with Gasteiger partial charge in [-0.05, 0) is 26.0 Å². The van der Waals surface area contributed by atoms with Crippen molar-refractivity contribution < 1.29 is 9.53 Å². The summed E-state index contributed by atoms with van der Waals surface area (Å²) in [5.74, 6) is 0.619. The smallest absolute Gasteiger partial charge is 0.275 e. The number of aromatic amines is 1. The lowest BCUT2D eigenvalue weighted by molar-refractivity contribution is -0.0250. The number of aromatic nitrogens is 4. The van der Waals surface area contributed by atoms with Crippen molar-refractivity contribution in [2.75, 3.05) is 19.7 Å². The molecule has 25 heavy (non-hydrogen) atoms. The van der Waals surface area contributed by atoms with Crippen molar-refractivity contribution in [1.29, 1.82) is 0 Å². The number of nitrogens with zero attached hydrogens (tertiary/aromatic N) is 4. The zero-order chi connectivity index (χ0) is 17.4. The molecule has 128 valence electrons. The van der Waals surface area contributed by atoms with E-state index in [2.05, 4.69) is 20.2 Å². The Hall–Kier alpha value is -2.80. The molecule has 0 unspecified atom stereocenters. The van der Waals surface area contributed by atoms with Gasteiger partial charge in [0.1, 0.15) is 11.9 Å². The number of rotatable bonds is 2. The van der Waals surface area contributed by atoms with Gasteiger partial charge >= 0.3 is 0 Å². The summed E-state index contributed by atoms with van der Waals surface area (Å²) in [5.41, 5.74) is 3.02. The summed E-state index contributed by atoms with van der Waals surface area (Å²) in [6.07, 6.45) is -0.247. The molecule has 1 aliphatic rings. The maximum absolute atomic E-state index is 12.9. The summed E-state index contributed by atoms with van der Waals surface area (Å²) in [6.45, 7) is 5.26.